The second-order valence-corrected chi connectivity index (χ2v) is 6.18. The van der Waals surface area contributed by atoms with Gasteiger partial charge in [-0.2, -0.15) is 0 Å². The Bertz CT molecular complexity index is 841. The lowest BCUT2D eigenvalue weighted by molar-refractivity contribution is 0.724. The van der Waals surface area contributed by atoms with Crippen molar-refractivity contribution in [3.63, 3.8) is 0 Å². The van der Waals surface area contributed by atoms with Crippen LogP contribution in [0.25, 0.3) is 10.9 Å². The molecule has 23 heavy (non-hydrogen) atoms. The van der Waals surface area contributed by atoms with E-state index in [1.54, 1.807) is 0 Å². The van der Waals surface area contributed by atoms with Gasteiger partial charge in [0.15, 0.2) is 0 Å². The lowest BCUT2D eigenvalue weighted by Gasteiger charge is -2.21. The van der Waals surface area contributed by atoms with Crippen molar-refractivity contribution >= 4 is 16.6 Å². The van der Waals surface area contributed by atoms with Crippen LogP contribution in [0.15, 0.2) is 48.7 Å². The molecule has 0 amide bonds. The van der Waals surface area contributed by atoms with E-state index in [9.17, 15) is 0 Å². The Morgan fingerprint density at radius 1 is 1.17 bits per heavy atom. The fourth-order valence-corrected chi connectivity index (χ4v) is 3.44. The molecule has 116 valence electrons. The Labute approximate surface area is 136 Å². The fourth-order valence-electron chi connectivity index (χ4n) is 3.44. The third kappa shape index (κ3) is 2.67. The zero-order chi connectivity index (χ0) is 15.6. The van der Waals surface area contributed by atoms with Crippen LogP contribution in [0.1, 0.15) is 42.6 Å². The summed E-state index contributed by atoms with van der Waals surface area (Å²) in [4.78, 5) is 9.57. The topological polar surface area (TPSA) is 37.8 Å². The highest BCUT2D eigenvalue weighted by atomic mass is 14.9. The molecule has 3 heteroatoms. The molecule has 1 N–H and O–H groups in total. The Kier molecular flexibility index (Phi) is 3.70. The van der Waals surface area contributed by atoms with Gasteiger partial charge in [0, 0.05) is 29.7 Å². The number of nitrogens with one attached hydrogen (secondary N) is 1. The normalized spacial score (nSPS) is 15.0. The standard InChI is InChI=1S/C20H21N3/c1-2-16(15-12-14-6-3-4-7-17(14)22-13-15)18-9-10-19-20(23-18)8-5-11-21-19/h3-4,6-7,9-10,12-13,16,21H,2,5,8,11H2,1H3. The van der Waals surface area contributed by atoms with E-state index < -0.39 is 0 Å². The maximum absolute atomic E-state index is 4.95. The second-order valence-electron chi connectivity index (χ2n) is 6.18. The number of para-hydroxylation sites is 1. The summed E-state index contributed by atoms with van der Waals surface area (Å²) in [6.45, 7) is 3.28. The van der Waals surface area contributed by atoms with Crippen LogP contribution < -0.4 is 5.32 Å². The van der Waals surface area contributed by atoms with Gasteiger partial charge in [-0.05, 0) is 49.1 Å². The maximum atomic E-state index is 4.95. The van der Waals surface area contributed by atoms with Crippen molar-refractivity contribution in [1.29, 1.82) is 0 Å². The van der Waals surface area contributed by atoms with E-state index >= 15 is 0 Å². The summed E-state index contributed by atoms with van der Waals surface area (Å²) in [5.41, 5.74) is 5.87. The van der Waals surface area contributed by atoms with Gasteiger partial charge in [-0.15, -0.1) is 0 Å². The number of benzene rings is 1. The van der Waals surface area contributed by atoms with Gasteiger partial charge < -0.3 is 5.32 Å². The summed E-state index contributed by atoms with van der Waals surface area (Å²) < 4.78 is 0. The molecule has 0 bridgehead atoms. The summed E-state index contributed by atoms with van der Waals surface area (Å²) >= 11 is 0. The molecule has 1 unspecified atom stereocenters. The molecule has 0 aliphatic carbocycles. The van der Waals surface area contributed by atoms with Crippen LogP contribution in [0.2, 0.25) is 0 Å². The molecule has 1 atom stereocenters. The van der Waals surface area contributed by atoms with Crippen molar-refractivity contribution in [2.45, 2.75) is 32.1 Å². The van der Waals surface area contributed by atoms with Crippen LogP contribution in [-0.4, -0.2) is 16.5 Å². The SMILES string of the molecule is CCC(c1cnc2ccccc2c1)c1ccc2c(n1)CCCN2. The number of hydrogen-bond donors (Lipinski definition) is 1. The average Bonchev–Trinajstić information content (AvgIpc) is 2.62. The van der Waals surface area contributed by atoms with Crippen LogP contribution in [-0.2, 0) is 6.42 Å². The van der Waals surface area contributed by atoms with Crippen molar-refractivity contribution in [3.05, 3.63) is 65.6 Å². The average molecular weight is 303 g/mol. The molecule has 0 saturated carbocycles. The first kappa shape index (κ1) is 14.2. The van der Waals surface area contributed by atoms with E-state index in [-0.39, 0.29) is 0 Å². The zero-order valence-electron chi connectivity index (χ0n) is 13.4. The number of aromatic nitrogens is 2. The van der Waals surface area contributed by atoms with Crippen molar-refractivity contribution in [1.82, 2.24) is 9.97 Å². The van der Waals surface area contributed by atoms with Crippen LogP contribution in [0.5, 0.6) is 0 Å². The van der Waals surface area contributed by atoms with Gasteiger partial charge in [-0.3, -0.25) is 9.97 Å². The van der Waals surface area contributed by atoms with Gasteiger partial charge in [0.2, 0.25) is 0 Å². The van der Waals surface area contributed by atoms with E-state index in [1.165, 1.54) is 22.3 Å². The van der Waals surface area contributed by atoms with E-state index in [1.807, 2.05) is 12.3 Å². The number of anilines is 1. The fraction of sp³-hybridized carbons (Fsp3) is 0.300. The second kappa shape index (κ2) is 5.99. The number of nitrogens with zero attached hydrogens (tertiary/aromatic N) is 2. The van der Waals surface area contributed by atoms with E-state index in [2.05, 4.69) is 53.6 Å². The molecule has 0 saturated heterocycles. The van der Waals surface area contributed by atoms with Crippen molar-refractivity contribution in [2.24, 2.45) is 0 Å². The number of hydrogen-bond acceptors (Lipinski definition) is 3. The van der Waals surface area contributed by atoms with Crippen molar-refractivity contribution in [2.75, 3.05) is 11.9 Å². The van der Waals surface area contributed by atoms with Gasteiger partial charge in [-0.25, -0.2) is 0 Å². The zero-order valence-corrected chi connectivity index (χ0v) is 13.4. The van der Waals surface area contributed by atoms with Gasteiger partial charge >= 0.3 is 0 Å². The van der Waals surface area contributed by atoms with Crippen LogP contribution in [0, 0.1) is 0 Å². The van der Waals surface area contributed by atoms with Crippen LogP contribution >= 0.6 is 0 Å². The summed E-state index contributed by atoms with van der Waals surface area (Å²) in [7, 11) is 0. The molecule has 0 radical (unpaired) electrons. The molecule has 0 spiro atoms. The van der Waals surface area contributed by atoms with E-state index in [0.717, 1.165) is 37.0 Å². The van der Waals surface area contributed by atoms with Gasteiger partial charge in [0.05, 0.1) is 16.9 Å². The predicted molar refractivity (Wildman–Crippen MR) is 94.9 cm³/mol. The largest absolute Gasteiger partial charge is 0.384 e. The van der Waals surface area contributed by atoms with Gasteiger partial charge in [-0.1, -0.05) is 25.1 Å². The lowest BCUT2D eigenvalue weighted by atomic mass is 9.92. The molecular formula is C20H21N3. The molecule has 1 aliphatic rings. The summed E-state index contributed by atoms with van der Waals surface area (Å²) in [5.74, 6) is 0.305. The van der Waals surface area contributed by atoms with Crippen LogP contribution in [0.4, 0.5) is 5.69 Å². The van der Waals surface area contributed by atoms with Gasteiger partial charge in [0.1, 0.15) is 0 Å². The molecule has 4 rings (SSSR count). The highest BCUT2D eigenvalue weighted by Crippen LogP contribution is 2.30. The summed E-state index contributed by atoms with van der Waals surface area (Å²) in [5, 5.41) is 4.63. The Morgan fingerprint density at radius 2 is 2.09 bits per heavy atom. The third-order valence-corrected chi connectivity index (χ3v) is 4.68. The molecule has 3 heterocycles. The minimum atomic E-state index is 0.305. The molecule has 1 aromatic carbocycles. The highest BCUT2D eigenvalue weighted by Gasteiger charge is 2.18. The van der Waals surface area contributed by atoms with Crippen LogP contribution in [0.3, 0.4) is 0 Å². The molecular weight excluding hydrogens is 282 g/mol. The Morgan fingerprint density at radius 3 is 3.00 bits per heavy atom. The molecule has 1 aliphatic heterocycles. The molecule has 3 aromatic rings. The van der Waals surface area contributed by atoms with E-state index in [0.29, 0.717) is 5.92 Å². The quantitative estimate of drug-likeness (QED) is 0.772. The highest BCUT2D eigenvalue weighted by molar-refractivity contribution is 5.79. The number of rotatable bonds is 3. The maximum Gasteiger partial charge on any atom is 0.0702 e. The van der Waals surface area contributed by atoms with Crippen molar-refractivity contribution < 1.29 is 0 Å². The molecule has 0 fully saturated rings. The first-order valence-electron chi connectivity index (χ1n) is 8.43. The number of pyridine rings is 2. The first-order chi connectivity index (χ1) is 11.3. The smallest absolute Gasteiger partial charge is 0.0702 e. The Hall–Kier alpha value is -2.42. The molecule has 2 aromatic heterocycles. The van der Waals surface area contributed by atoms with E-state index in [4.69, 9.17) is 4.98 Å². The minimum Gasteiger partial charge on any atom is -0.384 e. The monoisotopic (exact) mass is 303 g/mol. The summed E-state index contributed by atoms with van der Waals surface area (Å²) in [6, 6.07) is 14.9. The number of fused-ring (bicyclic) bond motifs is 2. The minimum absolute atomic E-state index is 0.305. The predicted octanol–water partition coefficient (Wildman–Crippen LogP) is 4.53. The summed E-state index contributed by atoms with van der Waals surface area (Å²) in [6.07, 6.45) is 5.27. The molecule has 3 nitrogen and oxygen atoms in total. The van der Waals surface area contributed by atoms with Crippen molar-refractivity contribution in [3.8, 4) is 0 Å². The lowest BCUT2D eigenvalue weighted by Crippen LogP contribution is -2.15. The Balaban J connectivity index is 1.74. The third-order valence-electron chi connectivity index (χ3n) is 4.68. The number of aryl methyl sites for hydroxylation is 1. The first-order valence-corrected chi connectivity index (χ1v) is 8.43. The van der Waals surface area contributed by atoms with Gasteiger partial charge in [0.25, 0.3) is 0 Å².